The van der Waals surface area contributed by atoms with Crippen LogP contribution in [0.1, 0.15) is 88.8 Å². The van der Waals surface area contributed by atoms with Gasteiger partial charge in [-0.15, -0.1) is 0 Å². The Hall–Kier alpha value is -3.97. The summed E-state index contributed by atoms with van der Waals surface area (Å²) in [7, 11) is 1.69. The molecule has 3 amide bonds. The Balaban J connectivity index is 1.23. The number of hydrazine groups is 1. The van der Waals surface area contributed by atoms with Crippen molar-refractivity contribution in [1.82, 2.24) is 35.2 Å². The molecule has 6 bridgehead atoms. The third-order valence-corrected chi connectivity index (χ3v) is 19.3. The number of methoxy groups -OCH3 is 1. The molecular formula is C45H58IN7O7S. The molecule has 0 unspecified atom stereocenters. The van der Waals surface area contributed by atoms with Crippen LogP contribution in [0.15, 0.2) is 41.9 Å². The molecule has 1 aromatic carbocycles. The van der Waals surface area contributed by atoms with E-state index in [1.807, 2.05) is 30.2 Å². The molecular weight excluding hydrogens is 910 g/mol. The van der Waals surface area contributed by atoms with Gasteiger partial charge in [0.2, 0.25) is 0 Å². The van der Waals surface area contributed by atoms with E-state index in [0.717, 1.165) is 70.6 Å². The second kappa shape index (κ2) is 18.0. The van der Waals surface area contributed by atoms with Crippen LogP contribution in [0.2, 0.25) is 0 Å². The summed E-state index contributed by atoms with van der Waals surface area (Å²) in [5.41, 5.74) is 9.32. The number of hydrogen-bond acceptors (Lipinski definition) is 11. The number of aromatic nitrogens is 3. The normalized spacial score (nSPS) is 25.3. The molecule has 328 valence electrons. The number of benzene rings is 1. The number of ether oxygens (including phenoxy) is 3. The van der Waals surface area contributed by atoms with Gasteiger partial charge in [-0.25, -0.2) is 0 Å². The van der Waals surface area contributed by atoms with Gasteiger partial charge in [0.15, 0.2) is 0 Å². The molecule has 16 heteroatoms. The minimum absolute atomic E-state index is 0.0708. The number of rotatable bonds is 9. The number of nitrogens with zero attached hydrogens (tertiary/aromatic N) is 5. The number of carbonyl (C=O) groups excluding carboxylic acids is 4. The van der Waals surface area contributed by atoms with Crippen molar-refractivity contribution in [3.63, 3.8) is 0 Å². The number of amides is 3. The standard InChI is InChI=1S/C45H58IN7O7S/c1-8-52-33-17-16-27-22-29(33)30(38(52)28-14-12-18-47-36(28)26(3)58-7)23-45(4,5)25-60-44(57)31-15-13-21-53(50-31)43(56)37(39(59-9-2)41-48-32(27)24-61-41)49-40(54)34-35(46(34)6)42(55)51-19-10-11-20-51/h12,14,16-18,22,24,26,31,34-35,37,39,50H,8-11,13,15,19-21,23,25H2,1-7H3,(H,49,54)/t26-,31-,34+,35+,37-,39-/m0/s1. The summed E-state index contributed by atoms with van der Waals surface area (Å²) < 4.78 is 19.9. The summed E-state index contributed by atoms with van der Waals surface area (Å²) >= 11 is -0.563. The Labute approximate surface area is 368 Å². The number of halogens is 1. The number of fused-ring (bicyclic) bond motifs is 6. The Morgan fingerprint density at radius 3 is 2.64 bits per heavy atom. The number of hydrogen-bond donors (Lipinski definition) is 2. The topological polar surface area (TPSA) is 157 Å². The fourth-order valence-electron chi connectivity index (χ4n) is 9.12. The third-order valence-electron chi connectivity index (χ3n) is 12.4. The minimum atomic E-state index is -1.94. The molecule has 0 spiro atoms. The van der Waals surface area contributed by atoms with Crippen molar-refractivity contribution in [2.45, 2.75) is 105 Å². The molecule has 0 aliphatic carbocycles. The molecule has 14 nitrogen and oxygen atoms in total. The number of likely N-dealkylation sites (tertiary alicyclic amines) is 1. The van der Waals surface area contributed by atoms with Crippen molar-refractivity contribution >= 4 is 65.7 Å². The average molecular weight is 968 g/mol. The molecule has 7 heterocycles. The first kappa shape index (κ1) is 43.7. The van der Waals surface area contributed by atoms with E-state index >= 15 is 0 Å². The van der Waals surface area contributed by atoms with Gasteiger partial charge in [0, 0.05) is 25.4 Å². The van der Waals surface area contributed by atoms with E-state index in [9.17, 15) is 19.2 Å². The molecule has 4 aliphatic heterocycles. The van der Waals surface area contributed by atoms with Crippen LogP contribution in [0.4, 0.5) is 0 Å². The van der Waals surface area contributed by atoms with Gasteiger partial charge in [-0.3, -0.25) is 4.98 Å². The SMILES string of the molecule is CCO[C@@H]1c2nc(cs2)-c2ccc3c(c2)c(c(-c2cccnc2[C@H](C)OC)n3CC)CC(C)(C)COC(=O)[C@@H]2CCCN(N2)C(=O)[C@H]1NC(=O)[C@H]1[C@H](C(=O)N2CCCC2)I1C. The van der Waals surface area contributed by atoms with E-state index < -0.39 is 59.2 Å². The molecule has 8 rings (SSSR count). The predicted octanol–water partition coefficient (Wildman–Crippen LogP) is 6.25. The van der Waals surface area contributed by atoms with Gasteiger partial charge in [0.05, 0.1) is 17.5 Å². The van der Waals surface area contributed by atoms with Crippen LogP contribution >= 0.6 is 31.2 Å². The molecule has 0 radical (unpaired) electrons. The van der Waals surface area contributed by atoms with E-state index in [1.165, 1.54) is 16.3 Å². The van der Waals surface area contributed by atoms with Crippen molar-refractivity contribution in [3.05, 3.63) is 58.2 Å². The molecule has 3 aromatic heterocycles. The van der Waals surface area contributed by atoms with E-state index in [-0.39, 0.29) is 35.1 Å². The fraction of sp³-hybridized carbons (Fsp3) is 0.556. The number of alkyl halides is 3. The number of aryl methyl sites for hydroxylation is 1. The maximum absolute atomic E-state index is 14.8. The van der Waals surface area contributed by atoms with Crippen LogP contribution in [0.3, 0.4) is 0 Å². The van der Waals surface area contributed by atoms with E-state index in [1.54, 1.807) is 13.3 Å². The molecule has 0 saturated carbocycles. The van der Waals surface area contributed by atoms with Gasteiger partial charge >= 0.3 is 267 Å². The first-order valence-electron chi connectivity index (χ1n) is 21.5. The van der Waals surface area contributed by atoms with Crippen LogP contribution < -0.4 is 10.7 Å². The fourth-order valence-corrected chi connectivity index (χ4v) is 16.4. The molecule has 3 fully saturated rings. The zero-order chi connectivity index (χ0) is 43.2. The Bertz CT molecular complexity index is 2310. The van der Waals surface area contributed by atoms with Gasteiger partial charge in [-0.2, -0.15) is 0 Å². The van der Waals surface area contributed by atoms with Gasteiger partial charge < -0.3 is 9.30 Å². The second-order valence-corrected chi connectivity index (χ2v) is 24.0. The molecule has 4 aromatic rings. The second-order valence-electron chi connectivity index (χ2n) is 17.2. The summed E-state index contributed by atoms with van der Waals surface area (Å²) in [6, 6.07) is 8.50. The van der Waals surface area contributed by atoms with E-state index in [4.69, 9.17) is 24.2 Å². The predicted molar refractivity (Wildman–Crippen MR) is 243 cm³/mol. The van der Waals surface area contributed by atoms with Crippen LogP contribution in [-0.2, 0) is 46.4 Å². The molecule has 4 aliphatic rings. The Morgan fingerprint density at radius 1 is 1.11 bits per heavy atom. The van der Waals surface area contributed by atoms with Crippen molar-refractivity contribution < 1.29 is 33.4 Å². The summed E-state index contributed by atoms with van der Waals surface area (Å²) in [5, 5.41) is 8.09. The Kier molecular flexibility index (Phi) is 12.9. The Morgan fingerprint density at radius 2 is 1.90 bits per heavy atom. The number of pyridine rings is 1. The zero-order valence-corrected chi connectivity index (χ0v) is 39.1. The molecule has 3 saturated heterocycles. The average Bonchev–Trinajstić information content (AvgIpc) is 3.71. The number of nitrogens with one attached hydrogen (secondary N) is 2. The summed E-state index contributed by atoms with van der Waals surface area (Å²) in [6.45, 7) is 13.1. The number of thiazole rings is 1. The van der Waals surface area contributed by atoms with Gasteiger partial charge in [-0.1, -0.05) is 13.8 Å². The number of cyclic esters (lactones) is 1. The quantitative estimate of drug-likeness (QED) is 0.112. The molecule has 61 heavy (non-hydrogen) atoms. The first-order valence-corrected chi connectivity index (χ1v) is 27.0. The molecule has 2 N–H and O–H groups in total. The van der Waals surface area contributed by atoms with Gasteiger partial charge in [0.1, 0.15) is 0 Å². The molecule has 6 atom stereocenters. The number of esters is 1. The number of carbonyl (C=O) groups is 4. The van der Waals surface area contributed by atoms with E-state index in [0.29, 0.717) is 37.4 Å². The summed E-state index contributed by atoms with van der Waals surface area (Å²) in [4.78, 5) is 70.3. The van der Waals surface area contributed by atoms with Crippen LogP contribution in [0.5, 0.6) is 0 Å². The van der Waals surface area contributed by atoms with Crippen molar-refractivity contribution in [2.24, 2.45) is 5.41 Å². The maximum atomic E-state index is 14.8. The van der Waals surface area contributed by atoms with Crippen molar-refractivity contribution in [3.8, 4) is 22.5 Å². The summed E-state index contributed by atoms with van der Waals surface area (Å²) in [6.07, 6.45) is 4.19. The first-order chi connectivity index (χ1) is 29.3. The monoisotopic (exact) mass is 967 g/mol. The van der Waals surface area contributed by atoms with Crippen molar-refractivity contribution in [1.29, 1.82) is 0 Å². The van der Waals surface area contributed by atoms with E-state index in [2.05, 4.69) is 65.3 Å². The van der Waals surface area contributed by atoms with Crippen LogP contribution in [-0.4, -0.2) is 113 Å². The summed E-state index contributed by atoms with van der Waals surface area (Å²) in [5.74, 6) is -1.10. The third kappa shape index (κ3) is 8.59. The van der Waals surface area contributed by atoms with Gasteiger partial charge in [-0.05, 0) is 32.4 Å². The van der Waals surface area contributed by atoms with Crippen LogP contribution in [0, 0.1) is 5.41 Å². The van der Waals surface area contributed by atoms with Gasteiger partial charge in [0.25, 0.3) is 0 Å². The zero-order valence-electron chi connectivity index (χ0n) is 36.2. The van der Waals surface area contributed by atoms with Crippen LogP contribution in [0.25, 0.3) is 33.4 Å². The van der Waals surface area contributed by atoms with Crippen molar-refractivity contribution in [2.75, 3.05) is 44.9 Å².